The fourth-order valence-electron chi connectivity index (χ4n) is 2.77. The minimum absolute atomic E-state index is 0.275. The van der Waals surface area contributed by atoms with Crippen LogP contribution >= 0.6 is 0 Å². The summed E-state index contributed by atoms with van der Waals surface area (Å²) in [6.07, 6.45) is 1.53. The summed E-state index contributed by atoms with van der Waals surface area (Å²) in [6, 6.07) is 5.93. The van der Waals surface area contributed by atoms with Gasteiger partial charge in [0.25, 0.3) is 0 Å². The van der Waals surface area contributed by atoms with Crippen LogP contribution in [-0.2, 0) is 18.0 Å². The summed E-state index contributed by atoms with van der Waals surface area (Å²) in [4.78, 5) is 13.8. The number of carbonyl (C=O) groups excluding carboxylic acids is 1. The molecular weight excluding hydrogens is 300 g/mol. The monoisotopic (exact) mass is 316 g/mol. The smallest absolute Gasteiger partial charge is 0.343 e. The SMILES string of the molecule is COC(=O)c1cnn2c1NCN(Cc1ccc3c(c1)OCO3)C2. The van der Waals surface area contributed by atoms with Crippen LogP contribution in [0.1, 0.15) is 15.9 Å². The van der Waals surface area contributed by atoms with Crippen LogP contribution in [0.2, 0.25) is 0 Å². The fourth-order valence-corrected chi connectivity index (χ4v) is 2.77. The zero-order chi connectivity index (χ0) is 15.8. The number of rotatable bonds is 3. The van der Waals surface area contributed by atoms with Gasteiger partial charge in [-0.2, -0.15) is 5.10 Å². The molecule has 3 heterocycles. The Labute approximate surface area is 132 Å². The van der Waals surface area contributed by atoms with Crippen molar-refractivity contribution in [2.75, 3.05) is 25.9 Å². The van der Waals surface area contributed by atoms with Crippen molar-refractivity contribution in [1.82, 2.24) is 14.7 Å². The molecule has 0 aliphatic carbocycles. The van der Waals surface area contributed by atoms with Crippen LogP contribution in [0.5, 0.6) is 11.5 Å². The Morgan fingerprint density at radius 3 is 3.13 bits per heavy atom. The predicted octanol–water partition coefficient (Wildman–Crippen LogP) is 1.24. The van der Waals surface area contributed by atoms with E-state index in [0.717, 1.165) is 23.6 Å². The van der Waals surface area contributed by atoms with Crippen LogP contribution in [-0.4, -0.2) is 41.2 Å². The molecule has 2 aliphatic rings. The van der Waals surface area contributed by atoms with E-state index >= 15 is 0 Å². The Balaban J connectivity index is 1.48. The van der Waals surface area contributed by atoms with Crippen LogP contribution < -0.4 is 14.8 Å². The number of fused-ring (bicyclic) bond motifs is 2. The van der Waals surface area contributed by atoms with Gasteiger partial charge in [0.2, 0.25) is 6.79 Å². The molecule has 2 aromatic rings. The second-order valence-corrected chi connectivity index (χ2v) is 5.39. The molecule has 2 aliphatic heterocycles. The van der Waals surface area contributed by atoms with E-state index < -0.39 is 0 Å². The lowest BCUT2D eigenvalue weighted by Crippen LogP contribution is -2.37. The third kappa shape index (κ3) is 2.46. The van der Waals surface area contributed by atoms with E-state index in [4.69, 9.17) is 14.2 Å². The van der Waals surface area contributed by atoms with Crippen molar-refractivity contribution in [3.8, 4) is 11.5 Å². The number of nitrogens with one attached hydrogen (secondary N) is 1. The summed E-state index contributed by atoms with van der Waals surface area (Å²) < 4.78 is 17.2. The van der Waals surface area contributed by atoms with Crippen molar-refractivity contribution in [2.45, 2.75) is 13.2 Å². The predicted molar refractivity (Wildman–Crippen MR) is 80.2 cm³/mol. The van der Waals surface area contributed by atoms with Gasteiger partial charge in [0, 0.05) is 6.54 Å². The largest absolute Gasteiger partial charge is 0.465 e. The highest BCUT2D eigenvalue weighted by molar-refractivity contribution is 5.94. The van der Waals surface area contributed by atoms with Gasteiger partial charge < -0.3 is 19.5 Å². The molecule has 8 heteroatoms. The number of nitrogens with zero attached hydrogens (tertiary/aromatic N) is 3. The van der Waals surface area contributed by atoms with E-state index in [1.54, 1.807) is 4.68 Å². The molecule has 1 aromatic carbocycles. The van der Waals surface area contributed by atoms with E-state index in [2.05, 4.69) is 15.3 Å². The Morgan fingerprint density at radius 1 is 1.39 bits per heavy atom. The molecule has 0 radical (unpaired) electrons. The zero-order valence-corrected chi connectivity index (χ0v) is 12.6. The first kappa shape index (κ1) is 13.9. The summed E-state index contributed by atoms with van der Waals surface area (Å²) >= 11 is 0. The van der Waals surface area contributed by atoms with Gasteiger partial charge in [-0.1, -0.05) is 6.07 Å². The molecule has 0 saturated carbocycles. The molecule has 0 fully saturated rings. The highest BCUT2D eigenvalue weighted by Crippen LogP contribution is 2.33. The standard InChI is InChI=1S/C15H16N4O4/c1-21-15(20)11-5-17-19-8-18(7-16-14(11)19)6-10-2-3-12-13(4-10)23-9-22-12/h2-5,16H,6-9H2,1H3. The van der Waals surface area contributed by atoms with Gasteiger partial charge in [-0.25, -0.2) is 9.48 Å². The van der Waals surface area contributed by atoms with Gasteiger partial charge in [-0.05, 0) is 17.7 Å². The van der Waals surface area contributed by atoms with Gasteiger partial charge in [0.1, 0.15) is 11.4 Å². The average molecular weight is 316 g/mol. The van der Waals surface area contributed by atoms with Crippen molar-refractivity contribution in [2.24, 2.45) is 0 Å². The third-order valence-corrected chi connectivity index (χ3v) is 3.89. The number of aromatic nitrogens is 2. The van der Waals surface area contributed by atoms with Gasteiger partial charge in [0.15, 0.2) is 11.5 Å². The Hall–Kier alpha value is -2.74. The van der Waals surface area contributed by atoms with Gasteiger partial charge in [-0.15, -0.1) is 0 Å². The third-order valence-electron chi connectivity index (χ3n) is 3.89. The Morgan fingerprint density at radius 2 is 2.26 bits per heavy atom. The topological polar surface area (TPSA) is 77.9 Å². The van der Waals surface area contributed by atoms with E-state index in [1.807, 2.05) is 18.2 Å². The summed E-state index contributed by atoms with van der Waals surface area (Å²) in [6.45, 7) is 2.21. The summed E-state index contributed by atoms with van der Waals surface area (Å²) in [5.74, 6) is 1.87. The van der Waals surface area contributed by atoms with Gasteiger partial charge in [0.05, 0.1) is 26.6 Å². The average Bonchev–Trinajstić information content (AvgIpc) is 3.19. The molecule has 8 nitrogen and oxygen atoms in total. The lowest BCUT2D eigenvalue weighted by atomic mass is 10.2. The van der Waals surface area contributed by atoms with E-state index in [1.165, 1.54) is 13.3 Å². The van der Waals surface area contributed by atoms with Gasteiger partial charge >= 0.3 is 5.97 Å². The number of hydrogen-bond acceptors (Lipinski definition) is 7. The number of benzene rings is 1. The molecular formula is C15H16N4O4. The van der Waals surface area contributed by atoms with E-state index in [-0.39, 0.29) is 12.8 Å². The molecule has 0 atom stereocenters. The summed E-state index contributed by atoms with van der Waals surface area (Å²) in [7, 11) is 1.36. The first-order valence-corrected chi connectivity index (χ1v) is 7.23. The number of anilines is 1. The van der Waals surface area contributed by atoms with E-state index in [0.29, 0.717) is 24.7 Å². The van der Waals surface area contributed by atoms with Crippen molar-refractivity contribution in [3.63, 3.8) is 0 Å². The molecule has 4 rings (SSSR count). The molecule has 23 heavy (non-hydrogen) atoms. The van der Waals surface area contributed by atoms with Crippen molar-refractivity contribution in [1.29, 1.82) is 0 Å². The zero-order valence-electron chi connectivity index (χ0n) is 12.6. The maximum Gasteiger partial charge on any atom is 0.343 e. The second-order valence-electron chi connectivity index (χ2n) is 5.39. The molecule has 0 unspecified atom stereocenters. The molecule has 1 aromatic heterocycles. The van der Waals surface area contributed by atoms with Gasteiger partial charge in [-0.3, -0.25) is 4.90 Å². The Bertz CT molecular complexity index is 758. The number of carbonyl (C=O) groups is 1. The molecule has 1 N–H and O–H groups in total. The first-order chi connectivity index (χ1) is 11.2. The maximum absolute atomic E-state index is 11.7. The molecule has 0 saturated heterocycles. The number of ether oxygens (including phenoxy) is 3. The van der Waals surface area contributed by atoms with Crippen molar-refractivity contribution < 1.29 is 19.0 Å². The summed E-state index contributed by atoms with van der Waals surface area (Å²) in [5, 5.41) is 7.46. The summed E-state index contributed by atoms with van der Waals surface area (Å²) in [5.41, 5.74) is 1.58. The number of hydrogen-bond donors (Lipinski definition) is 1. The fraction of sp³-hybridized carbons (Fsp3) is 0.333. The lowest BCUT2D eigenvalue weighted by Gasteiger charge is -2.29. The molecule has 0 bridgehead atoms. The second kappa shape index (κ2) is 5.47. The number of esters is 1. The van der Waals surface area contributed by atoms with Crippen molar-refractivity contribution in [3.05, 3.63) is 35.5 Å². The molecule has 120 valence electrons. The normalized spacial score (nSPS) is 15.9. The Kier molecular flexibility index (Phi) is 3.30. The quantitative estimate of drug-likeness (QED) is 0.854. The highest BCUT2D eigenvalue weighted by atomic mass is 16.7. The van der Waals surface area contributed by atoms with Crippen LogP contribution in [0, 0.1) is 0 Å². The molecule has 0 amide bonds. The highest BCUT2D eigenvalue weighted by Gasteiger charge is 2.24. The van der Waals surface area contributed by atoms with E-state index in [9.17, 15) is 4.79 Å². The maximum atomic E-state index is 11.7. The minimum Gasteiger partial charge on any atom is -0.465 e. The minimum atomic E-state index is -0.386. The first-order valence-electron chi connectivity index (χ1n) is 7.23. The van der Waals surface area contributed by atoms with Crippen molar-refractivity contribution >= 4 is 11.8 Å². The van der Waals surface area contributed by atoms with Crippen LogP contribution in [0.15, 0.2) is 24.4 Å². The molecule has 0 spiro atoms. The lowest BCUT2D eigenvalue weighted by molar-refractivity contribution is 0.0601. The van der Waals surface area contributed by atoms with Crippen LogP contribution in [0.25, 0.3) is 0 Å². The van der Waals surface area contributed by atoms with Crippen LogP contribution in [0.3, 0.4) is 0 Å². The van der Waals surface area contributed by atoms with Crippen LogP contribution in [0.4, 0.5) is 5.82 Å². The number of methoxy groups -OCH3 is 1.